The average molecular weight is 470 g/mol. The SMILES string of the molecule is CN1CC[C@]23c4c5ccc(O)c4O[C@H]2C(OC(=O)CCNC(=O)C=CC(=O)O)=CC[C@@]3(O)[C@H]1C5. The van der Waals surface area contributed by atoms with Gasteiger partial charge in [-0.2, -0.15) is 0 Å². The topological polar surface area (TPSA) is 146 Å². The number of rotatable bonds is 6. The van der Waals surface area contributed by atoms with Crippen LogP contribution in [-0.2, 0) is 31.0 Å². The number of aliphatic carboxylic acids is 1. The number of phenolic OH excluding ortho intramolecular Hbond substituents is 1. The summed E-state index contributed by atoms with van der Waals surface area (Å²) in [4.78, 5) is 36.8. The predicted molar refractivity (Wildman–Crippen MR) is 117 cm³/mol. The van der Waals surface area contributed by atoms with E-state index < -0.39 is 35.0 Å². The zero-order chi connectivity index (χ0) is 24.3. The van der Waals surface area contributed by atoms with Crippen LogP contribution in [0.15, 0.2) is 36.1 Å². The number of ether oxygens (including phenoxy) is 2. The highest BCUT2D eigenvalue weighted by Gasteiger charge is 2.72. The van der Waals surface area contributed by atoms with E-state index in [1.807, 2.05) is 13.1 Å². The number of nitrogens with zero attached hydrogens (tertiary/aromatic N) is 1. The summed E-state index contributed by atoms with van der Waals surface area (Å²) >= 11 is 0. The number of likely N-dealkylation sites (N-methyl/N-ethyl adjacent to an activating group) is 1. The minimum absolute atomic E-state index is 0.00921. The third kappa shape index (κ3) is 3.13. The number of phenols is 1. The first-order valence-corrected chi connectivity index (χ1v) is 11.2. The Balaban J connectivity index is 1.38. The standard InChI is InChI=1S/C24H26N2O8/c1-26-11-9-23-20-13-2-3-14(27)21(20)34-22(23)15(6-8-24(23,32)16(26)12-13)33-19(31)7-10-25-17(28)4-5-18(29)30/h2-6,16,22,27,32H,7-12H2,1H3,(H,25,28)(H,29,30)/t16-,22+,23+,24-/m1/s1. The third-order valence-corrected chi connectivity index (χ3v) is 7.59. The summed E-state index contributed by atoms with van der Waals surface area (Å²) in [5.41, 5.74) is -0.159. The van der Waals surface area contributed by atoms with Crippen molar-refractivity contribution in [2.45, 2.75) is 48.8 Å². The number of aromatic hydroxyl groups is 1. The maximum Gasteiger partial charge on any atom is 0.328 e. The molecule has 2 aliphatic heterocycles. The first-order chi connectivity index (χ1) is 16.2. The molecule has 4 aliphatic rings. The molecule has 4 atom stereocenters. The van der Waals surface area contributed by atoms with Crippen molar-refractivity contribution in [2.75, 3.05) is 20.1 Å². The lowest BCUT2D eigenvalue weighted by molar-refractivity contribution is -0.169. The maximum absolute atomic E-state index is 12.6. The van der Waals surface area contributed by atoms with Gasteiger partial charge in [-0.25, -0.2) is 4.79 Å². The number of hydrogen-bond donors (Lipinski definition) is 4. The van der Waals surface area contributed by atoms with Crippen LogP contribution in [0.3, 0.4) is 0 Å². The van der Waals surface area contributed by atoms with Gasteiger partial charge in [0.1, 0.15) is 5.76 Å². The molecule has 1 amide bonds. The Bertz CT molecular complexity index is 1140. The lowest BCUT2D eigenvalue weighted by Gasteiger charge is -2.61. The molecule has 2 bridgehead atoms. The molecule has 34 heavy (non-hydrogen) atoms. The number of nitrogens with one attached hydrogen (secondary N) is 1. The van der Waals surface area contributed by atoms with Gasteiger partial charge in [0.05, 0.1) is 17.4 Å². The van der Waals surface area contributed by atoms with Crippen molar-refractivity contribution >= 4 is 17.8 Å². The molecule has 2 aliphatic carbocycles. The maximum atomic E-state index is 12.6. The van der Waals surface area contributed by atoms with E-state index in [2.05, 4.69) is 10.2 Å². The fourth-order valence-electron chi connectivity index (χ4n) is 6.11. The zero-order valence-electron chi connectivity index (χ0n) is 18.6. The number of piperidine rings is 1. The summed E-state index contributed by atoms with van der Waals surface area (Å²) in [5, 5.41) is 33.5. The van der Waals surface area contributed by atoms with E-state index in [1.165, 1.54) is 0 Å². The van der Waals surface area contributed by atoms with Gasteiger partial charge in [0.15, 0.2) is 17.6 Å². The predicted octanol–water partition coefficient (Wildman–Crippen LogP) is 0.360. The molecule has 1 saturated heterocycles. The van der Waals surface area contributed by atoms with Crippen LogP contribution < -0.4 is 10.1 Å². The lowest BCUT2D eigenvalue weighted by atomic mass is 9.50. The van der Waals surface area contributed by atoms with Gasteiger partial charge in [-0.15, -0.1) is 0 Å². The second-order valence-corrected chi connectivity index (χ2v) is 9.29. The van der Waals surface area contributed by atoms with Gasteiger partial charge in [0.25, 0.3) is 0 Å². The summed E-state index contributed by atoms with van der Waals surface area (Å²) in [7, 11) is 1.99. The Morgan fingerprint density at radius 2 is 2.12 bits per heavy atom. The first kappa shape index (κ1) is 22.4. The second-order valence-electron chi connectivity index (χ2n) is 9.29. The van der Waals surface area contributed by atoms with E-state index in [-0.39, 0.29) is 31.2 Å². The fourth-order valence-corrected chi connectivity index (χ4v) is 6.11. The summed E-state index contributed by atoms with van der Waals surface area (Å²) in [6.07, 6.45) is 3.84. The molecule has 1 aromatic rings. The van der Waals surface area contributed by atoms with E-state index in [0.29, 0.717) is 30.4 Å². The van der Waals surface area contributed by atoms with Crippen LogP contribution in [0.25, 0.3) is 0 Å². The molecule has 1 spiro atoms. The highest BCUT2D eigenvalue weighted by Crippen LogP contribution is 2.65. The largest absolute Gasteiger partial charge is 0.504 e. The Morgan fingerprint density at radius 3 is 2.88 bits per heavy atom. The van der Waals surface area contributed by atoms with Crippen molar-refractivity contribution in [3.8, 4) is 11.5 Å². The van der Waals surface area contributed by atoms with Crippen LogP contribution >= 0.6 is 0 Å². The van der Waals surface area contributed by atoms with Crippen LogP contribution in [0.5, 0.6) is 11.5 Å². The summed E-state index contributed by atoms with van der Waals surface area (Å²) in [6, 6.07) is 3.33. The number of benzene rings is 1. The van der Waals surface area contributed by atoms with Crippen LogP contribution in [0, 0.1) is 0 Å². The molecule has 180 valence electrons. The van der Waals surface area contributed by atoms with E-state index in [1.54, 1.807) is 12.1 Å². The van der Waals surface area contributed by atoms with Crippen molar-refractivity contribution in [3.63, 3.8) is 0 Å². The number of carbonyl (C=O) groups excluding carboxylic acids is 2. The molecule has 1 fully saturated rings. The number of carboxylic acids is 1. The summed E-state index contributed by atoms with van der Waals surface area (Å²) in [5.74, 6) is -1.86. The number of carbonyl (C=O) groups is 3. The van der Waals surface area contributed by atoms with Gasteiger partial charge in [0, 0.05) is 36.7 Å². The molecule has 2 heterocycles. The average Bonchev–Trinajstić information content (AvgIpc) is 3.14. The molecule has 4 N–H and O–H groups in total. The Kier molecular flexibility index (Phi) is 5.18. The molecule has 0 radical (unpaired) electrons. The molecule has 10 nitrogen and oxygen atoms in total. The molecule has 0 aromatic heterocycles. The van der Waals surface area contributed by atoms with Gasteiger partial charge < -0.3 is 35.0 Å². The van der Waals surface area contributed by atoms with E-state index in [0.717, 1.165) is 23.7 Å². The van der Waals surface area contributed by atoms with Crippen molar-refractivity contribution < 1.29 is 39.2 Å². The molecular formula is C24H26N2O8. The van der Waals surface area contributed by atoms with Gasteiger partial charge in [-0.1, -0.05) is 6.07 Å². The van der Waals surface area contributed by atoms with Gasteiger partial charge in [0.2, 0.25) is 5.91 Å². The number of aliphatic hydroxyl groups is 1. The monoisotopic (exact) mass is 470 g/mol. The summed E-state index contributed by atoms with van der Waals surface area (Å²) in [6.45, 7) is 0.687. The van der Waals surface area contributed by atoms with Gasteiger partial charge in [-0.05, 0) is 44.1 Å². The van der Waals surface area contributed by atoms with Gasteiger partial charge >= 0.3 is 11.9 Å². The molecular weight excluding hydrogens is 444 g/mol. The highest BCUT2D eigenvalue weighted by atomic mass is 16.6. The van der Waals surface area contributed by atoms with Crippen LogP contribution in [0.4, 0.5) is 0 Å². The summed E-state index contributed by atoms with van der Waals surface area (Å²) < 4.78 is 11.9. The molecule has 0 saturated carbocycles. The van der Waals surface area contributed by atoms with E-state index in [9.17, 15) is 24.6 Å². The van der Waals surface area contributed by atoms with E-state index >= 15 is 0 Å². The molecule has 0 unspecified atom stereocenters. The minimum Gasteiger partial charge on any atom is -0.504 e. The second kappa shape index (κ2) is 7.85. The van der Waals surface area contributed by atoms with Crippen molar-refractivity contribution in [3.05, 3.63) is 47.2 Å². The highest BCUT2D eigenvalue weighted by molar-refractivity contribution is 5.94. The lowest BCUT2D eigenvalue weighted by Crippen LogP contribution is -2.74. The third-order valence-electron chi connectivity index (χ3n) is 7.59. The van der Waals surface area contributed by atoms with Crippen LogP contribution in [-0.4, -0.2) is 75.9 Å². The fraction of sp³-hybridized carbons (Fsp3) is 0.458. The Labute approximate surface area is 195 Å². The first-order valence-electron chi connectivity index (χ1n) is 11.2. The number of carboxylic acid groups (broad SMARTS) is 1. The van der Waals surface area contributed by atoms with Crippen molar-refractivity contribution in [1.29, 1.82) is 0 Å². The smallest absolute Gasteiger partial charge is 0.328 e. The van der Waals surface area contributed by atoms with Crippen LogP contribution in [0.2, 0.25) is 0 Å². The van der Waals surface area contributed by atoms with Gasteiger partial charge in [-0.3, -0.25) is 9.59 Å². The van der Waals surface area contributed by atoms with Crippen LogP contribution in [0.1, 0.15) is 30.4 Å². The number of likely N-dealkylation sites (tertiary alicyclic amines) is 1. The van der Waals surface area contributed by atoms with Crippen molar-refractivity contribution in [2.24, 2.45) is 0 Å². The minimum atomic E-state index is -1.25. The molecule has 5 rings (SSSR count). The number of amides is 1. The molecule has 1 aromatic carbocycles. The molecule has 10 heteroatoms. The Morgan fingerprint density at radius 1 is 1.32 bits per heavy atom. The Hall–Kier alpha value is -3.37. The quantitative estimate of drug-likeness (QED) is 0.342. The zero-order valence-corrected chi connectivity index (χ0v) is 18.6. The van der Waals surface area contributed by atoms with Crippen molar-refractivity contribution in [1.82, 2.24) is 10.2 Å². The number of esters is 1. The van der Waals surface area contributed by atoms with E-state index in [4.69, 9.17) is 14.6 Å². The normalized spacial score (nSPS) is 30.8. The number of hydrogen-bond acceptors (Lipinski definition) is 8.